The van der Waals surface area contributed by atoms with Crippen LogP contribution >= 0.6 is 23.5 Å². The first-order valence-electron chi connectivity index (χ1n) is 18.5. The Morgan fingerprint density at radius 1 is 0.789 bits per heavy atom. The van der Waals surface area contributed by atoms with E-state index in [0.717, 1.165) is 27.5 Å². The Bertz CT molecular complexity index is 2150. The van der Waals surface area contributed by atoms with Crippen LogP contribution in [-0.4, -0.2) is 99.4 Å². The average molecular weight is 809 g/mol. The monoisotopic (exact) mass is 808 g/mol. The number of rotatable bonds is 18. The highest BCUT2D eigenvalue weighted by Crippen LogP contribution is 2.41. The number of fused-ring (bicyclic) bond motifs is 2. The van der Waals surface area contributed by atoms with E-state index in [1.807, 2.05) is 103 Å². The molecule has 0 bridgehead atoms. The molecule has 6 rings (SSSR count). The van der Waals surface area contributed by atoms with Crippen LogP contribution < -0.4 is 27.0 Å². The number of nitrogens with one attached hydrogen (secondary N) is 4. The van der Waals surface area contributed by atoms with Gasteiger partial charge in [0.15, 0.2) is 0 Å². The van der Waals surface area contributed by atoms with E-state index in [2.05, 4.69) is 21.3 Å². The van der Waals surface area contributed by atoms with Gasteiger partial charge in [-0.2, -0.15) is 11.8 Å². The van der Waals surface area contributed by atoms with Crippen molar-refractivity contribution in [2.45, 2.75) is 42.8 Å². The molecule has 4 aromatic rings. The van der Waals surface area contributed by atoms with Gasteiger partial charge in [0.1, 0.15) is 29.2 Å². The lowest BCUT2D eigenvalue weighted by atomic mass is 10.0. The van der Waals surface area contributed by atoms with Crippen molar-refractivity contribution in [3.8, 4) is 0 Å². The molecule has 1 saturated heterocycles. The molecule has 0 spiro atoms. The SMILES string of the molecule is NCC(=O)N[C@H]1C(=O)N2C(C(=O)O)=C(CSCCNC(=O)[C@H](Cc3ccccc3)NC(=O)[C@H](Cc3ccccc3)NC(=O)Cc3ccc4ccccc4c3)CS[C@@H]12. The summed E-state index contributed by atoms with van der Waals surface area (Å²) in [5.74, 6) is -2.35. The third kappa shape index (κ3) is 10.6. The molecule has 15 heteroatoms. The van der Waals surface area contributed by atoms with Crippen LogP contribution in [0.3, 0.4) is 0 Å². The zero-order valence-electron chi connectivity index (χ0n) is 31.0. The summed E-state index contributed by atoms with van der Waals surface area (Å²) in [6.07, 6.45) is 0.491. The number of aliphatic carboxylic acids is 1. The van der Waals surface area contributed by atoms with E-state index >= 15 is 0 Å². The molecule has 0 aliphatic carbocycles. The predicted octanol–water partition coefficient (Wildman–Crippen LogP) is 2.38. The molecule has 0 aromatic heterocycles. The smallest absolute Gasteiger partial charge is 0.352 e. The van der Waals surface area contributed by atoms with Gasteiger partial charge >= 0.3 is 5.97 Å². The lowest BCUT2D eigenvalue weighted by Crippen LogP contribution is -2.71. The molecule has 0 radical (unpaired) electrons. The summed E-state index contributed by atoms with van der Waals surface area (Å²) >= 11 is 2.77. The number of nitrogens with two attached hydrogens (primary N) is 1. The fourth-order valence-corrected chi connectivity index (χ4v) is 9.11. The minimum absolute atomic E-state index is 0.0704. The summed E-state index contributed by atoms with van der Waals surface area (Å²) in [6, 6.07) is 29.6. The molecule has 7 N–H and O–H groups in total. The van der Waals surface area contributed by atoms with Crippen LogP contribution in [0.4, 0.5) is 0 Å². The van der Waals surface area contributed by atoms with Gasteiger partial charge in [0.25, 0.3) is 5.91 Å². The van der Waals surface area contributed by atoms with Gasteiger partial charge in [-0.05, 0) is 33.0 Å². The van der Waals surface area contributed by atoms with E-state index < -0.39 is 53.1 Å². The number of amides is 5. The number of carbonyl (C=O) groups is 6. The Hall–Kier alpha value is -5.64. The van der Waals surface area contributed by atoms with Gasteiger partial charge in [0.05, 0.1) is 13.0 Å². The highest BCUT2D eigenvalue weighted by molar-refractivity contribution is 8.01. The first kappa shape index (κ1) is 41.0. The highest BCUT2D eigenvalue weighted by atomic mass is 32.2. The highest BCUT2D eigenvalue weighted by Gasteiger charge is 2.54. The standard InChI is InChI=1S/C42H44N6O7S2/c43-23-35(50)47-36-40(53)48-37(42(54)55)31(25-57-41(36)48)24-56-18-17-44-38(51)32(20-26-9-3-1-4-10-26)46-39(52)33(21-27-11-5-2-6-12-27)45-34(49)22-28-15-16-29-13-7-8-14-30(29)19-28/h1-16,19,32-33,36,41H,17-18,20-25,43H2,(H,44,51)(H,45,49)(H,46,52)(H,47,50)(H,54,55)/t32-,33-,36-,41-/m0/s1. The second-order valence-electron chi connectivity index (χ2n) is 13.7. The van der Waals surface area contributed by atoms with Crippen molar-refractivity contribution in [3.05, 3.63) is 131 Å². The Labute approximate surface area is 338 Å². The molecule has 4 aromatic carbocycles. The summed E-state index contributed by atoms with van der Waals surface area (Å²) in [5, 5.41) is 22.8. The number of hydrogen-bond acceptors (Lipinski definition) is 9. The molecule has 2 aliphatic heterocycles. The summed E-state index contributed by atoms with van der Waals surface area (Å²) in [6.45, 7) is -0.0528. The van der Waals surface area contributed by atoms with Crippen molar-refractivity contribution in [3.63, 3.8) is 0 Å². The third-order valence-corrected chi connectivity index (χ3v) is 12.0. The number of nitrogens with zero attached hydrogens (tertiary/aromatic N) is 1. The van der Waals surface area contributed by atoms with Crippen LogP contribution in [0.5, 0.6) is 0 Å². The molecular weight excluding hydrogens is 765 g/mol. The fraction of sp³-hybridized carbons (Fsp3) is 0.286. The van der Waals surface area contributed by atoms with Crippen LogP contribution in [0.1, 0.15) is 16.7 Å². The van der Waals surface area contributed by atoms with Gasteiger partial charge in [-0.15, -0.1) is 11.8 Å². The summed E-state index contributed by atoms with van der Waals surface area (Å²) in [7, 11) is 0. The third-order valence-electron chi connectivity index (χ3n) is 9.60. The van der Waals surface area contributed by atoms with Gasteiger partial charge < -0.3 is 32.1 Å². The Morgan fingerprint density at radius 2 is 1.42 bits per heavy atom. The van der Waals surface area contributed by atoms with Crippen molar-refractivity contribution in [2.75, 3.05) is 30.3 Å². The van der Waals surface area contributed by atoms with E-state index in [4.69, 9.17) is 5.73 Å². The second kappa shape index (κ2) is 19.5. The van der Waals surface area contributed by atoms with Gasteiger partial charge in [0.2, 0.25) is 23.6 Å². The number of thioether (sulfide) groups is 2. The van der Waals surface area contributed by atoms with Crippen molar-refractivity contribution in [2.24, 2.45) is 5.73 Å². The first-order chi connectivity index (χ1) is 27.6. The zero-order chi connectivity index (χ0) is 40.3. The maximum Gasteiger partial charge on any atom is 0.352 e. The number of carbonyl (C=O) groups excluding carboxylic acids is 5. The Balaban J connectivity index is 1.08. The number of β-lactam (4-membered cyclic amide) rings is 1. The van der Waals surface area contributed by atoms with Crippen LogP contribution in [0.2, 0.25) is 0 Å². The molecule has 57 heavy (non-hydrogen) atoms. The van der Waals surface area contributed by atoms with E-state index in [1.165, 1.54) is 28.4 Å². The number of benzene rings is 4. The largest absolute Gasteiger partial charge is 0.477 e. The Morgan fingerprint density at radius 3 is 2.07 bits per heavy atom. The molecule has 296 valence electrons. The van der Waals surface area contributed by atoms with Gasteiger partial charge in [-0.3, -0.25) is 28.9 Å². The summed E-state index contributed by atoms with van der Waals surface area (Å²) in [5.41, 5.74) is 8.32. The van der Waals surface area contributed by atoms with E-state index in [1.54, 1.807) is 0 Å². The van der Waals surface area contributed by atoms with Crippen LogP contribution in [0, 0.1) is 0 Å². The molecule has 2 aliphatic rings. The van der Waals surface area contributed by atoms with E-state index in [0.29, 0.717) is 22.8 Å². The van der Waals surface area contributed by atoms with Crippen molar-refractivity contribution in [1.82, 2.24) is 26.2 Å². The minimum Gasteiger partial charge on any atom is -0.477 e. The van der Waals surface area contributed by atoms with E-state index in [-0.39, 0.29) is 44.0 Å². The zero-order valence-corrected chi connectivity index (χ0v) is 32.7. The molecular formula is C42H44N6O7S2. The van der Waals surface area contributed by atoms with Gasteiger partial charge in [-0.25, -0.2) is 4.79 Å². The molecule has 0 saturated carbocycles. The van der Waals surface area contributed by atoms with Crippen LogP contribution in [0.25, 0.3) is 10.8 Å². The minimum atomic E-state index is -1.23. The topological polar surface area (TPSA) is 200 Å². The van der Waals surface area contributed by atoms with Crippen LogP contribution in [0.15, 0.2) is 114 Å². The molecule has 13 nitrogen and oxygen atoms in total. The van der Waals surface area contributed by atoms with Gasteiger partial charge in [0, 0.05) is 36.6 Å². The molecule has 4 atom stereocenters. The van der Waals surface area contributed by atoms with E-state index in [9.17, 15) is 33.9 Å². The lowest BCUT2D eigenvalue weighted by Gasteiger charge is -2.49. The fourth-order valence-electron chi connectivity index (χ4n) is 6.76. The first-order valence-corrected chi connectivity index (χ1v) is 20.7. The lowest BCUT2D eigenvalue weighted by molar-refractivity contribution is -0.150. The number of carboxylic acids is 1. The maximum absolute atomic E-state index is 14.0. The average Bonchev–Trinajstić information content (AvgIpc) is 3.22. The van der Waals surface area contributed by atoms with Crippen molar-refractivity contribution in [1.29, 1.82) is 0 Å². The molecule has 5 amide bonds. The second-order valence-corrected chi connectivity index (χ2v) is 15.9. The van der Waals surface area contributed by atoms with Crippen molar-refractivity contribution >= 4 is 69.8 Å². The molecule has 2 heterocycles. The number of hydrogen-bond donors (Lipinski definition) is 6. The molecule has 0 unspecified atom stereocenters. The number of carboxylic acid groups (broad SMARTS) is 1. The van der Waals surface area contributed by atoms with Crippen LogP contribution in [-0.2, 0) is 48.0 Å². The normalized spacial score (nSPS) is 17.1. The van der Waals surface area contributed by atoms with Crippen molar-refractivity contribution < 1.29 is 33.9 Å². The molecule has 1 fully saturated rings. The predicted molar refractivity (Wildman–Crippen MR) is 221 cm³/mol. The quantitative estimate of drug-likeness (QED) is 0.0641. The maximum atomic E-state index is 14.0. The Kier molecular flexibility index (Phi) is 14.0. The summed E-state index contributed by atoms with van der Waals surface area (Å²) < 4.78 is 0. The van der Waals surface area contributed by atoms with Gasteiger partial charge in [-0.1, -0.05) is 103 Å². The summed E-state index contributed by atoms with van der Waals surface area (Å²) in [4.78, 5) is 79.1.